The number of fused-ring (bicyclic) bond motifs is 2. The molecule has 3 aromatic rings. The van der Waals surface area contributed by atoms with Crippen LogP contribution in [0.2, 0.25) is 0 Å². The largest absolute Gasteiger partial charge is 0.497 e. The highest BCUT2D eigenvalue weighted by molar-refractivity contribution is 5.80. The lowest BCUT2D eigenvalue weighted by molar-refractivity contribution is 0.219. The van der Waals surface area contributed by atoms with Crippen LogP contribution in [0.4, 0.5) is 0 Å². The van der Waals surface area contributed by atoms with E-state index >= 15 is 0 Å². The molecule has 0 amide bonds. The molecule has 0 saturated heterocycles. The zero-order chi connectivity index (χ0) is 18.8. The highest BCUT2D eigenvalue weighted by Gasteiger charge is 2.17. The monoisotopic (exact) mass is 366 g/mol. The van der Waals surface area contributed by atoms with E-state index in [-0.39, 0.29) is 12.2 Å². The van der Waals surface area contributed by atoms with Gasteiger partial charge >= 0.3 is 0 Å². The number of nitrogens with zero attached hydrogens (tertiary/aromatic N) is 1. The average Bonchev–Trinajstić information content (AvgIpc) is 2.89. The second kappa shape index (κ2) is 7.42. The highest BCUT2D eigenvalue weighted by atomic mass is 16.5. The quantitative estimate of drug-likeness (QED) is 0.742. The summed E-state index contributed by atoms with van der Waals surface area (Å²) in [5, 5.41) is 10.3. The first-order valence-electron chi connectivity index (χ1n) is 8.94. The maximum absolute atomic E-state index is 12.5. The molecule has 0 saturated carbocycles. The van der Waals surface area contributed by atoms with Crippen molar-refractivity contribution in [2.45, 2.75) is 19.7 Å². The lowest BCUT2D eigenvalue weighted by atomic mass is 10.1. The zero-order valence-corrected chi connectivity index (χ0v) is 15.2. The van der Waals surface area contributed by atoms with E-state index in [1.807, 2.05) is 42.5 Å². The summed E-state index contributed by atoms with van der Waals surface area (Å²) in [7, 11) is 1.63. The number of benzene rings is 2. The van der Waals surface area contributed by atoms with E-state index in [1.165, 1.54) is 0 Å². The van der Waals surface area contributed by atoms with E-state index in [1.54, 1.807) is 7.11 Å². The number of hydrogen-bond acceptors (Lipinski definition) is 5. The number of rotatable bonds is 4. The predicted octanol–water partition coefficient (Wildman–Crippen LogP) is 2.42. The van der Waals surface area contributed by atoms with Crippen LogP contribution in [0.15, 0.2) is 47.3 Å². The smallest absolute Gasteiger partial charge is 0.252 e. The van der Waals surface area contributed by atoms with Gasteiger partial charge in [-0.3, -0.25) is 9.69 Å². The molecule has 0 atom stereocenters. The molecule has 1 aliphatic rings. The van der Waals surface area contributed by atoms with Crippen molar-refractivity contribution < 1.29 is 14.6 Å². The Hall–Kier alpha value is -2.83. The maximum Gasteiger partial charge on any atom is 0.252 e. The number of aliphatic hydroxyl groups excluding tert-OH is 1. The summed E-state index contributed by atoms with van der Waals surface area (Å²) in [6, 6.07) is 13.3. The Labute approximate surface area is 157 Å². The topological polar surface area (TPSA) is 74.8 Å². The minimum absolute atomic E-state index is 0.000540. The molecule has 0 bridgehead atoms. The molecule has 0 fully saturated rings. The number of nitrogens with one attached hydrogen (secondary N) is 1. The molecule has 1 aliphatic heterocycles. The van der Waals surface area contributed by atoms with Crippen LogP contribution in [-0.4, -0.2) is 35.3 Å². The van der Waals surface area contributed by atoms with Crippen LogP contribution >= 0.6 is 0 Å². The number of hydrogen-bond donors (Lipinski definition) is 2. The number of aromatic nitrogens is 1. The van der Waals surface area contributed by atoms with Crippen LogP contribution in [0.25, 0.3) is 10.9 Å². The Bertz CT molecular complexity index is 1030. The Balaban J connectivity index is 1.62. The standard InChI is InChI=1S/C21H22N2O4/c1-26-18-3-4-19-15(10-18)9-17(21(25)22-19)12-23-6-7-27-20-5-2-14(13-24)8-16(20)11-23/h2-5,8-10,24H,6-7,11-13H2,1H3,(H,22,25). The van der Waals surface area contributed by atoms with E-state index in [4.69, 9.17) is 9.47 Å². The molecule has 0 radical (unpaired) electrons. The van der Waals surface area contributed by atoms with Crippen LogP contribution in [0.5, 0.6) is 11.5 Å². The first kappa shape index (κ1) is 17.6. The van der Waals surface area contributed by atoms with Crippen molar-refractivity contribution in [3.63, 3.8) is 0 Å². The fourth-order valence-electron chi connectivity index (χ4n) is 3.45. The molecule has 2 N–H and O–H groups in total. The normalized spacial score (nSPS) is 14.4. The van der Waals surface area contributed by atoms with Gasteiger partial charge in [0.25, 0.3) is 5.56 Å². The van der Waals surface area contributed by atoms with Gasteiger partial charge in [0, 0.05) is 41.7 Å². The van der Waals surface area contributed by atoms with Gasteiger partial charge in [-0.2, -0.15) is 0 Å². The second-order valence-electron chi connectivity index (χ2n) is 6.74. The number of H-pyrrole nitrogens is 1. The molecule has 2 aromatic carbocycles. The minimum Gasteiger partial charge on any atom is -0.497 e. The fourth-order valence-corrected chi connectivity index (χ4v) is 3.45. The summed E-state index contributed by atoms with van der Waals surface area (Å²) < 4.78 is 11.1. The number of aliphatic hydroxyl groups is 1. The van der Waals surface area contributed by atoms with Gasteiger partial charge in [-0.1, -0.05) is 6.07 Å². The van der Waals surface area contributed by atoms with E-state index < -0.39 is 0 Å². The summed E-state index contributed by atoms with van der Waals surface area (Å²) >= 11 is 0. The van der Waals surface area contributed by atoms with E-state index in [0.717, 1.165) is 40.1 Å². The average molecular weight is 366 g/mol. The van der Waals surface area contributed by atoms with Gasteiger partial charge < -0.3 is 19.6 Å². The molecule has 0 spiro atoms. The van der Waals surface area contributed by atoms with Crippen LogP contribution in [0.3, 0.4) is 0 Å². The highest BCUT2D eigenvalue weighted by Crippen LogP contribution is 2.25. The molecule has 140 valence electrons. The van der Waals surface area contributed by atoms with Gasteiger partial charge in [0.1, 0.15) is 18.1 Å². The van der Waals surface area contributed by atoms with Crippen molar-refractivity contribution >= 4 is 10.9 Å². The SMILES string of the molecule is COc1ccc2[nH]c(=O)c(CN3CCOc4ccc(CO)cc4C3)cc2c1. The van der Waals surface area contributed by atoms with Gasteiger partial charge in [0.2, 0.25) is 0 Å². The maximum atomic E-state index is 12.5. The molecule has 0 unspecified atom stereocenters. The van der Waals surface area contributed by atoms with Crippen molar-refractivity contribution in [1.82, 2.24) is 9.88 Å². The molecule has 27 heavy (non-hydrogen) atoms. The first-order chi connectivity index (χ1) is 13.2. The number of ether oxygens (including phenoxy) is 2. The summed E-state index contributed by atoms with van der Waals surface area (Å²) in [5.41, 5.74) is 3.30. The van der Waals surface area contributed by atoms with Crippen LogP contribution in [-0.2, 0) is 19.7 Å². The number of pyridine rings is 1. The van der Waals surface area contributed by atoms with Gasteiger partial charge in [0.05, 0.1) is 13.7 Å². The van der Waals surface area contributed by atoms with Crippen molar-refractivity contribution in [2.75, 3.05) is 20.3 Å². The van der Waals surface area contributed by atoms with Crippen molar-refractivity contribution in [1.29, 1.82) is 0 Å². The molecule has 6 nitrogen and oxygen atoms in total. The summed E-state index contributed by atoms with van der Waals surface area (Å²) in [5.74, 6) is 1.60. The lowest BCUT2D eigenvalue weighted by Gasteiger charge is -2.19. The van der Waals surface area contributed by atoms with Crippen LogP contribution < -0.4 is 15.0 Å². The number of methoxy groups -OCH3 is 1. The zero-order valence-electron chi connectivity index (χ0n) is 15.2. The van der Waals surface area contributed by atoms with Crippen molar-refractivity contribution in [2.24, 2.45) is 0 Å². The third kappa shape index (κ3) is 3.67. The Morgan fingerprint density at radius 3 is 2.93 bits per heavy atom. The molecular weight excluding hydrogens is 344 g/mol. The Morgan fingerprint density at radius 2 is 2.11 bits per heavy atom. The minimum atomic E-state index is -0.0813. The molecule has 2 heterocycles. The third-order valence-electron chi connectivity index (χ3n) is 4.89. The molecular formula is C21H22N2O4. The first-order valence-corrected chi connectivity index (χ1v) is 8.94. The van der Waals surface area contributed by atoms with Crippen LogP contribution in [0.1, 0.15) is 16.7 Å². The van der Waals surface area contributed by atoms with Gasteiger partial charge in [-0.15, -0.1) is 0 Å². The van der Waals surface area contributed by atoms with Gasteiger partial charge in [0.15, 0.2) is 0 Å². The summed E-state index contributed by atoms with van der Waals surface area (Å²) in [4.78, 5) is 17.6. The third-order valence-corrected chi connectivity index (χ3v) is 4.89. The van der Waals surface area contributed by atoms with Crippen LogP contribution in [0, 0.1) is 0 Å². The predicted molar refractivity (Wildman–Crippen MR) is 103 cm³/mol. The molecule has 4 rings (SSSR count). The van der Waals surface area contributed by atoms with E-state index in [2.05, 4.69) is 9.88 Å². The van der Waals surface area contributed by atoms with Crippen molar-refractivity contribution in [3.05, 3.63) is 69.5 Å². The summed E-state index contributed by atoms with van der Waals surface area (Å²) in [6.45, 7) is 2.47. The van der Waals surface area contributed by atoms with Gasteiger partial charge in [-0.05, 0) is 42.0 Å². The second-order valence-corrected chi connectivity index (χ2v) is 6.74. The number of aromatic amines is 1. The van der Waals surface area contributed by atoms with Gasteiger partial charge in [-0.25, -0.2) is 0 Å². The van der Waals surface area contributed by atoms with E-state index in [0.29, 0.717) is 25.3 Å². The Morgan fingerprint density at radius 1 is 1.22 bits per heavy atom. The lowest BCUT2D eigenvalue weighted by Crippen LogP contribution is -2.28. The molecule has 6 heteroatoms. The fraction of sp³-hybridized carbons (Fsp3) is 0.286. The van der Waals surface area contributed by atoms with E-state index in [9.17, 15) is 9.90 Å². The molecule has 0 aliphatic carbocycles. The molecule has 1 aromatic heterocycles. The Kier molecular flexibility index (Phi) is 4.83. The van der Waals surface area contributed by atoms with Crippen molar-refractivity contribution in [3.8, 4) is 11.5 Å². The summed E-state index contributed by atoms with van der Waals surface area (Å²) in [6.07, 6.45) is 0.